The smallest absolute Gasteiger partial charge is 0.258 e. The van der Waals surface area contributed by atoms with E-state index in [4.69, 9.17) is 5.26 Å². The van der Waals surface area contributed by atoms with Crippen LogP contribution in [0.15, 0.2) is 66.7 Å². The molecule has 0 spiro atoms. The third-order valence-corrected chi connectivity index (χ3v) is 5.40. The van der Waals surface area contributed by atoms with Crippen LogP contribution in [0, 0.1) is 18.3 Å². The quantitative estimate of drug-likeness (QED) is 0.726. The molecular weight excluding hydrogens is 374 g/mol. The van der Waals surface area contributed by atoms with Gasteiger partial charge in [-0.05, 0) is 66.4 Å². The van der Waals surface area contributed by atoms with Crippen molar-refractivity contribution in [1.29, 1.82) is 5.26 Å². The lowest BCUT2D eigenvalue weighted by molar-refractivity contribution is 0.0949. The number of nitrogens with zero attached hydrogens (tertiary/aromatic N) is 2. The monoisotopic (exact) mass is 395 g/mol. The maximum atomic E-state index is 13.1. The molecule has 1 N–H and O–H groups in total. The first-order valence-corrected chi connectivity index (χ1v) is 9.84. The molecule has 3 aromatic carbocycles. The number of carbonyl (C=O) groups excluding carboxylic acids is 2. The van der Waals surface area contributed by atoms with E-state index in [1.807, 2.05) is 60.4 Å². The van der Waals surface area contributed by atoms with E-state index in [2.05, 4.69) is 5.32 Å². The highest BCUT2D eigenvalue weighted by atomic mass is 16.2. The van der Waals surface area contributed by atoms with Crippen LogP contribution in [-0.2, 0) is 13.0 Å². The van der Waals surface area contributed by atoms with Gasteiger partial charge in [0, 0.05) is 29.9 Å². The number of nitrogens with one attached hydrogen (secondary N) is 1. The van der Waals surface area contributed by atoms with Gasteiger partial charge >= 0.3 is 0 Å². The Kier molecular flexibility index (Phi) is 5.32. The minimum absolute atomic E-state index is 0.00520. The summed E-state index contributed by atoms with van der Waals surface area (Å²) in [5.74, 6) is -0.196. The van der Waals surface area contributed by atoms with Crippen molar-refractivity contribution < 1.29 is 9.59 Å². The molecule has 0 aromatic heterocycles. The molecule has 5 heteroatoms. The topological polar surface area (TPSA) is 73.2 Å². The summed E-state index contributed by atoms with van der Waals surface area (Å²) in [6, 6.07) is 22.2. The molecule has 0 atom stereocenters. The van der Waals surface area contributed by atoms with E-state index in [9.17, 15) is 9.59 Å². The minimum atomic E-state index is -0.201. The van der Waals surface area contributed by atoms with Crippen LogP contribution in [0.2, 0.25) is 0 Å². The van der Waals surface area contributed by atoms with Gasteiger partial charge in [-0.25, -0.2) is 0 Å². The standard InChI is InChI=1S/C25H21N3O2/c1-17-4-2-3-5-22(17)25(30)28-13-12-20-9-8-19(14-23(20)28)16-27-24(29)21-10-6-18(15-26)7-11-21/h2-11,14H,12-13,16H2,1H3,(H,27,29). The Balaban J connectivity index is 1.49. The summed E-state index contributed by atoms with van der Waals surface area (Å²) in [6.45, 7) is 2.96. The molecule has 2 amide bonds. The first-order chi connectivity index (χ1) is 14.6. The Morgan fingerprint density at radius 1 is 1.07 bits per heavy atom. The zero-order valence-electron chi connectivity index (χ0n) is 16.7. The van der Waals surface area contributed by atoms with Crippen LogP contribution in [0.1, 0.15) is 43.0 Å². The van der Waals surface area contributed by atoms with E-state index < -0.39 is 0 Å². The summed E-state index contributed by atoms with van der Waals surface area (Å²) in [5, 5.41) is 11.8. The highest BCUT2D eigenvalue weighted by Crippen LogP contribution is 2.31. The molecule has 0 saturated heterocycles. The van der Waals surface area contributed by atoms with Gasteiger partial charge in [0.05, 0.1) is 11.6 Å². The fraction of sp³-hybridized carbons (Fsp3) is 0.160. The van der Waals surface area contributed by atoms with Gasteiger partial charge in [0.1, 0.15) is 0 Å². The van der Waals surface area contributed by atoms with Gasteiger partial charge in [-0.3, -0.25) is 9.59 Å². The summed E-state index contributed by atoms with van der Waals surface area (Å²) < 4.78 is 0. The first-order valence-electron chi connectivity index (χ1n) is 9.84. The molecule has 148 valence electrons. The predicted molar refractivity (Wildman–Crippen MR) is 115 cm³/mol. The Morgan fingerprint density at radius 2 is 1.83 bits per heavy atom. The second-order valence-corrected chi connectivity index (χ2v) is 7.36. The van der Waals surface area contributed by atoms with Crippen molar-refractivity contribution in [2.24, 2.45) is 0 Å². The van der Waals surface area contributed by atoms with Crippen LogP contribution in [-0.4, -0.2) is 18.4 Å². The number of anilines is 1. The molecule has 1 heterocycles. The maximum Gasteiger partial charge on any atom is 0.258 e. The summed E-state index contributed by atoms with van der Waals surface area (Å²) in [6.07, 6.45) is 0.824. The van der Waals surface area contributed by atoms with Crippen molar-refractivity contribution in [2.75, 3.05) is 11.4 Å². The molecule has 0 radical (unpaired) electrons. The number of aryl methyl sites for hydroxylation is 1. The number of amides is 2. The van der Waals surface area contributed by atoms with Gasteiger partial charge < -0.3 is 10.2 Å². The first kappa shape index (κ1) is 19.4. The molecular formula is C25H21N3O2. The van der Waals surface area contributed by atoms with Crippen molar-refractivity contribution in [2.45, 2.75) is 19.9 Å². The number of carbonyl (C=O) groups is 2. The summed E-state index contributed by atoms with van der Waals surface area (Å²) in [7, 11) is 0. The maximum absolute atomic E-state index is 13.1. The Morgan fingerprint density at radius 3 is 2.57 bits per heavy atom. The van der Waals surface area contributed by atoms with E-state index in [0.717, 1.165) is 28.8 Å². The van der Waals surface area contributed by atoms with E-state index in [0.29, 0.717) is 29.8 Å². The van der Waals surface area contributed by atoms with E-state index in [-0.39, 0.29) is 11.8 Å². The highest BCUT2D eigenvalue weighted by molar-refractivity contribution is 6.08. The van der Waals surface area contributed by atoms with Crippen molar-refractivity contribution in [3.63, 3.8) is 0 Å². The van der Waals surface area contributed by atoms with Crippen LogP contribution >= 0.6 is 0 Å². The lowest BCUT2D eigenvalue weighted by atomic mass is 10.1. The van der Waals surface area contributed by atoms with Gasteiger partial charge in [-0.1, -0.05) is 30.3 Å². The molecule has 0 aliphatic carbocycles. The Bertz CT molecular complexity index is 1160. The van der Waals surface area contributed by atoms with Crippen LogP contribution < -0.4 is 10.2 Å². The van der Waals surface area contributed by atoms with Crippen LogP contribution in [0.4, 0.5) is 5.69 Å². The van der Waals surface area contributed by atoms with Crippen molar-refractivity contribution in [3.8, 4) is 6.07 Å². The predicted octanol–water partition coefficient (Wildman–Crippen LogP) is 4.00. The zero-order valence-corrected chi connectivity index (χ0v) is 16.7. The number of benzene rings is 3. The summed E-state index contributed by atoms with van der Waals surface area (Å²) >= 11 is 0. The van der Waals surface area contributed by atoms with E-state index in [1.165, 1.54) is 0 Å². The molecule has 0 saturated carbocycles. The van der Waals surface area contributed by atoms with Gasteiger partial charge in [0.15, 0.2) is 0 Å². The fourth-order valence-corrected chi connectivity index (χ4v) is 3.68. The van der Waals surface area contributed by atoms with Gasteiger partial charge in [0.25, 0.3) is 11.8 Å². The van der Waals surface area contributed by atoms with Gasteiger partial charge in [0.2, 0.25) is 0 Å². The third-order valence-electron chi connectivity index (χ3n) is 5.40. The molecule has 3 aromatic rings. The minimum Gasteiger partial charge on any atom is -0.348 e. The van der Waals surface area contributed by atoms with Crippen molar-refractivity contribution in [3.05, 3.63) is 100 Å². The highest BCUT2D eigenvalue weighted by Gasteiger charge is 2.26. The van der Waals surface area contributed by atoms with Gasteiger partial charge in [-0.15, -0.1) is 0 Å². The fourth-order valence-electron chi connectivity index (χ4n) is 3.68. The molecule has 0 fully saturated rings. The van der Waals surface area contributed by atoms with Crippen LogP contribution in [0.25, 0.3) is 0 Å². The van der Waals surface area contributed by atoms with Crippen LogP contribution in [0.3, 0.4) is 0 Å². The van der Waals surface area contributed by atoms with E-state index >= 15 is 0 Å². The molecule has 1 aliphatic heterocycles. The molecule has 1 aliphatic rings. The second kappa shape index (κ2) is 8.22. The molecule has 0 bridgehead atoms. The molecule has 0 unspecified atom stereocenters. The number of hydrogen-bond acceptors (Lipinski definition) is 3. The van der Waals surface area contributed by atoms with Crippen molar-refractivity contribution >= 4 is 17.5 Å². The summed E-state index contributed by atoms with van der Waals surface area (Å²) in [5.41, 5.74) is 5.68. The average Bonchev–Trinajstić information content (AvgIpc) is 3.20. The lowest BCUT2D eigenvalue weighted by Crippen LogP contribution is -2.29. The van der Waals surface area contributed by atoms with Crippen molar-refractivity contribution in [1.82, 2.24) is 5.32 Å². The Hall–Kier alpha value is -3.91. The lowest BCUT2D eigenvalue weighted by Gasteiger charge is -2.19. The number of nitriles is 1. The number of hydrogen-bond donors (Lipinski definition) is 1. The second-order valence-electron chi connectivity index (χ2n) is 7.36. The SMILES string of the molecule is Cc1ccccc1C(=O)N1CCc2ccc(CNC(=O)c3ccc(C#N)cc3)cc21. The molecule has 30 heavy (non-hydrogen) atoms. The summed E-state index contributed by atoms with van der Waals surface area (Å²) in [4.78, 5) is 27.3. The zero-order chi connectivity index (χ0) is 21.1. The van der Waals surface area contributed by atoms with Crippen LogP contribution in [0.5, 0.6) is 0 Å². The molecule has 5 nitrogen and oxygen atoms in total. The normalized spacial score (nSPS) is 12.2. The molecule has 4 rings (SSSR count). The third kappa shape index (κ3) is 3.81. The Labute approximate surface area is 175 Å². The number of fused-ring (bicyclic) bond motifs is 1. The van der Waals surface area contributed by atoms with E-state index in [1.54, 1.807) is 24.3 Å². The number of rotatable bonds is 4. The average molecular weight is 395 g/mol. The largest absolute Gasteiger partial charge is 0.348 e. The van der Waals surface area contributed by atoms with Gasteiger partial charge in [-0.2, -0.15) is 5.26 Å².